The Balaban J connectivity index is 2.11. The molecule has 23 heavy (non-hydrogen) atoms. The summed E-state index contributed by atoms with van der Waals surface area (Å²) in [4.78, 5) is 19.6. The number of thiazole rings is 1. The number of rotatable bonds is 6. The lowest BCUT2D eigenvalue weighted by atomic mass is 10.1. The van der Waals surface area contributed by atoms with Crippen LogP contribution in [0.1, 0.15) is 12.5 Å². The van der Waals surface area contributed by atoms with Crippen molar-refractivity contribution in [3.63, 3.8) is 0 Å². The standard InChI is InChI=1S/C15H19N5O2S/c1-10(22)18-8-11-3-2-4-12(7-11)13-9-23-15(19-13)20-14(16)17-5-6-21/h2-4,7,9,21H,5-6,8H2,1H3,(H,18,22)(H3,16,17,19,20). The van der Waals surface area contributed by atoms with Gasteiger partial charge in [0.25, 0.3) is 0 Å². The van der Waals surface area contributed by atoms with Crippen LogP contribution in [0.5, 0.6) is 0 Å². The minimum Gasteiger partial charge on any atom is -0.395 e. The van der Waals surface area contributed by atoms with Crippen molar-refractivity contribution in [3.05, 3.63) is 35.2 Å². The van der Waals surface area contributed by atoms with Gasteiger partial charge in [-0.25, -0.2) is 4.98 Å². The summed E-state index contributed by atoms with van der Waals surface area (Å²) in [5.41, 5.74) is 8.44. The number of amides is 1. The van der Waals surface area contributed by atoms with Crippen LogP contribution in [0.3, 0.4) is 0 Å². The van der Waals surface area contributed by atoms with E-state index in [-0.39, 0.29) is 18.5 Å². The average Bonchev–Trinajstić information content (AvgIpc) is 2.99. The summed E-state index contributed by atoms with van der Waals surface area (Å²) in [6, 6.07) is 7.80. The minimum absolute atomic E-state index is 0.0135. The van der Waals surface area contributed by atoms with Gasteiger partial charge in [-0.05, 0) is 11.6 Å². The molecular formula is C15H19N5O2S. The number of aliphatic hydroxyl groups excluding tert-OH is 1. The van der Waals surface area contributed by atoms with E-state index in [1.165, 1.54) is 18.3 Å². The summed E-state index contributed by atoms with van der Waals surface area (Å²) in [6.45, 7) is 2.30. The number of aromatic nitrogens is 1. The fourth-order valence-corrected chi connectivity index (χ4v) is 2.55. The Morgan fingerprint density at radius 1 is 1.43 bits per heavy atom. The molecule has 1 amide bonds. The fraction of sp³-hybridized carbons (Fsp3) is 0.267. The van der Waals surface area contributed by atoms with Crippen molar-refractivity contribution in [1.29, 1.82) is 0 Å². The lowest BCUT2D eigenvalue weighted by molar-refractivity contribution is -0.119. The first-order chi connectivity index (χ1) is 11.1. The topological polar surface area (TPSA) is 113 Å². The molecule has 0 aliphatic rings. The van der Waals surface area contributed by atoms with E-state index in [1.807, 2.05) is 29.6 Å². The van der Waals surface area contributed by atoms with Gasteiger partial charge in [0.15, 0.2) is 5.96 Å². The van der Waals surface area contributed by atoms with E-state index in [1.54, 1.807) is 0 Å². The van der Waals surface area contributed by atoms with E-state index in [9.17, 15) is 4.79 Å². The van der Waals surface area contributed by atoms with Crippen LogP contribution in [-0.2, 0) is 11.3 Å². The minimum atomic E-state index is -0.0634. The molecule has 0 bridgehead atoms. The van der Waals surface area contributed by atoms with E-state index in [0.29, 0.717) is 18.2 Å². The molecule has 0 aliphatic heterocycles. The van der Waals surface area contributed by atoms with Crippen LogP contribution in [0.2, 0.25) is 0 Å². The monoisotopic (exact) mass is 333 g/mol. The molecule has 5 N–H and O–H groups in total. The smallest absolute Gasteiger partial charge is 0.217 e. The highest BCUT2D eigenvalue weighted by molar-refractivity contribution is 7.13. The lowest BCUT2D eigenvalue weighted by Crippen LogP contribution is -2.33. The quantitative estimate of drug-likeness (QED) is 0.465. The van der Waals surface area contributed by atoms with E-state index >= 15 is 0 Å². The van der Waals surface area contributed by atoms with Crippen molar-refractivity contribution in [2.24, 2.45) is 10.7 Å². The third-order valence-corrected chi connectivity index (χ3v) is 3.62. The Morgan fingerprint density at radius 2 is 2.26 bits per heavy atom. The van der Waals surface area contributed by atoms with E-state index < -0.39 is 0 Å². The molecule has 1 aromatic carbocycles. The first-order valence-corrected chi connectivity index (χ1v) is 7.94. The number of hydrogen-bond acceptors (Lipinski definition) is 5. The molecule has 0 aliphatic carbocycles. The van der Waals surface area contributed by atoms with Crippen molar-refractivity contribution in [2.45, 2.75) is 13.5 Å². The summed E-state index contributed by atoms with van der Waals surface area (Å²) in [5, 5.41) is 16.7. The summed E-state index contributed by atoms with van der Waals surface area (Å²) in [6.07, 6.45) is 0. The highest BCUT2D eigenvalue weighted by atomic mass is 32.1. The number of carbonyl (C=O) groups is 1. The van der Waals surface area contributed by atoms with Crippen LogP contribution in [0.4, 0.5) is 5.13 Å². The van der Waals surface area contributed by atoms with Crippen molar-refractivity contribution in [2.75, 3.05) is 13.2 Å². The number of carbonyl (C=O) groups excluding carboxylic acids is 1. The van der Waals surface area contributed by atoms with Crippen LogP contribution < -0.4 is 16.4 Å². The molecule has 0 fully saturated rings. The summed E-state index contributed by atoms with van der Waals surface area (Å²) in [5.74, 6) is 0.158. The number of benzene rings is 1. The number of aliphatic imine (C=N–C) groups is 1. The Hall–Kier alpha value is -2.45. The Labute approximate surface area is 138 Å². The third-order valence-electron chi connectivity index (χ3n) is 2.89. The van der Waals surface area contributed by atoms with Crippen molar-refractivity contribution >= 4 is 28.3 Å². The van der Waals surface area contributed by atoms with Gasteiger partial charge in [-0.1, -0.05) is 18.2 Å². The van der Waals surface area contributed by atoms with Crippen LogP contribution in [0.25, 0.3) is 11.3 Å². The summed E-state index contributed by atoms with van der Waals surface area (Å²) >= 11 is 1.38. The molecule has 122 valence electrons. The Kier molecular flexibility index (Phi) is 6.07. The van der Waals surface area contributed by atoms with E-state index in [0.717, 1.165) is 16.8 Å². The zero-order chi connectivity index (χ0) is 16.7. The van der Waals surface area contributed by atoms with Gasteiger partial charge < -0.3 is 21.5 Å². The first-order valence-electron chi connectivity index (χ1n) is 7.06. The lowest BCUT2D eigenvalue weighted by Gasteiger charge is -2.04. The molecule has 0 atom stereocenters. The number of hydrogen-bond donors (Lipinski definition) is 4. The number of aliphatic hydroxyl groups is 1. The number of guanidine groups is 1. The van der Waals surface area contributed by atoms with Crippen molar-refractivity contribution in [3.8, 4) is 11.3 Å². The molecule has 0 unspecified atom stereocenters. The van der Waals surface area contributed by atoms with E-state index in [2.05, 4.69) is 20.6 Å². The highest BCUT2D eigenvalue weighted by Gasteiger charge is 2.06. The predicted molar refractivity (Wildman–Crippen MR) is 91.4 cm³/mol. The van der Waals surface area contributed by atoms with Crippen LogP contribution in [0.15, 0.2) is 34.6 Å². The molecule has 0 saturated carbocycles. The van der Waals surface area contributed by atoms with E-state index in [4.69, 9.17) is 10.8 Å². The predicted octanol–water partition coefficient (Wildman–Crippen LogP) is 0.974. The molecule has 1 aromatic heterocycles. The highest BCUT2D eigenvalue weighted by Crippen LogP contribution is 2.27. The molecule has 8 heteroatoms. The maximum Gasteiger partial charge on any atom is 0.217 e. The SMILES string of the molecule is CC(=O)NCc1cccc(-c2csc(/N=C(\N)NCCO)n2)c1. The fourth-order valence-electron chi connectivity index (χ4n) is 1.84. The average molecular weight is 333 g/mol. The number of nitrogens with one attached hydrogen (secondary N) is 2. The largest absolute Gasteiger partial charge is 0.395 e. The molecule has 7 nitrogen and oxygen atoms in total. The van der Waals surface area contributed by atoms with Gasteiger partial charge in [0.1, 0.15) is 0 Å². The molecule has 2 aromatic rings. The van der Waals surface area contributed by atoms with Crippen molar-refractivity contribution in [1.82, 2.24) is 15.6 Å². The van der Waals surface area contributed by atoms with Crippen LogP contribution >= 0.6 is 11.3 Å². The van der Waals surface area contributed by atoms with Gasteiger partial charge in [0, 0.05) is 31.0 Å². The molecule has 0 spiro atoms. The zero-order valence-electron chi connectivity index (χ0n) is 12.7. The second-order valence-electron chi connectivity index (χ2n) is 4.77. The maximum atomic E-state index is 11.0. The maximum absolute atomic E-state index is 11.0. The second-order valence-corrected chi connectivity index (χ2v) is 5.61. The third kappa shape index (κ3) is 5.35. The summed E-state index contributed by atoms with van der Waals surface area (Å²) in [7, 11) is 0. The van der Waals surface area contributed by atoms with Gasteiger partial charge in [-0.15, -0.1) is 11.3 Å². The zero-order valence-corrected chi connectivity index (χ0v) is 13.6. The molecule has 0 radical (unpaired) electrons. The van der Waals surface area contributed by atoms with Crippen LogP contribution in [-0.4, -0.2) is 35.1 Å². The van der Waals surface area contributed by atoms with Gasteiger partial charge in [0.2, 0.25) is 11.0 Å². The summed E-state index contributed by atoms with van der Waals surface area (Å²) < 4.78 is 0. The number of nitrogens with zero attached hydrogens (tertiary/aromatic N) is 2. The molecule has 0 saturated heterocycles. The first kappa shape index (κ1) is 16.9. The molecular weight excluding hydrogens is 314 g/mol. The molecule has 2 rings (SSSR count). The number of nitrogens with two attached hydrogens (primary N) is 1. The van der Waals surface area contributed by atoms with Gasteiger partial charge >= 0.3 is 0 Å². The Bertz CT molecular complexity index is 699. The molecule has 1 heterocycles. The van der Waals surface area contributed by atoms with Gasteiger partial charge in [0.05, 0.1) is 12.3 Å². The van der Waals surface area contributed by atoms with Crippen LogP contribution in [0, 0.1) is 0 Å². The van der Waals surface area contributed by atoms with Crippen molar-refractivity contribution < 1.29 is 9.90 Å². The second kappa shape index (κ2) is 8.25. The Morgan fingerprint density at radius 3 is 3.00 bits per heavy atom. The van der Waals surface area contributed by atoms with Gasteiger partial charge in [-0.3, -0.25) is 4.79 Å². The van der Waals surface area contributed by atoms with Gasteiger partial charge in [-0.2, -0.15) is 4.99 Å². The normalized spacial score (nSPS) is 11.3.